The Labute approximate surface area is 271 Å². The van der Waals surface area contributed by atoms with Crippen LogP contribution in [0, 0.1) is 35.5 Å². The molecule has 4 heterocycles. The fourth-order valence-electron chi connectivity index (χ4n) is 11.6. The molecule has 252 valence electrons. The molecule has 2 spiro atoms. The number of aliphatic hydroxyl groups is 3. The maximum Gasteiger partial charge on any atom is 0.338 e. The van der Waals surface area contributed by atoms with Gasteiger partial charge >= 0.3 is 5.97 Å². The molecule has 0 amide bonds. The van der Waals surface area contributed by atoms with Gasteiger partial charge in [0, 0.05) is 18.3 Å². The van der Waals surface area contributed by atoms with E-state index in [0.29, 0.717) is 18.4 Å². The van der Waals surface area contributed by atoms with E-state index in [-0.39, 0.29) is 23.7 Å². The highest BCUT2D eigenvalue weighted by molar-refractivity contribution is 5.89. The van der Waals surface area contributed by atoms with E-state index in [9.17, 15) is 20.1 Å². The molecule has 1 unspecified atom stereocenters. The van der Waals surface area contributed by atoms with Gasteiger partial charge in [0.1, 0.15) is 41.2 Å². The molecule has 3 N–H and O–H groups in total. The van der Waals surface area contributed by atoms with Crippen molar-refractivity contribution in [2.75, 3.05) is 6.61 Å². The molecular weight excluding hydrogens is 588 g/mol. The summed E-state index contributed by atoms with van der Waals surface area (Å²) in [6.07, 6.45) is 3.37. The molecule has 0 radical (unpaired) electrons. The Hall–Kier alpha value is -1.85. The quantitative estimate of drug-likeness (QED) is 0.248. The van der Waals surface area contributed by atoms with Crippen molar-refractivity contribution in [1.82, 2.24) is 0 Å². The molecule has 3 saturated carbocycles. The predicted molar refractivity (Wildman–Crippen MR) is 166 cm³/mol. The molecule has 3 aliphatic carbocycles. The van der Waals surface area contributed by atoms with E-state index in [0.717, 1.165) is 44.1 Å². The monoisotopic (exact) mass is 638 g/mol. The SMILES string of the molecule is C=C(C)[C@]12C[C@@H](C)[C@@]34OC5(CCCCCCC[C@H](C)[C@H]6[C@H](C)[C@H](OC(=O)c7ccccc7)[C@@](O)([C@H](O)[C@@]7(CO)O[C@H]7[C@H]3[C@H]1O5)[C@@H]64)O2. The van der Waals surface area contributed by atoms with Crippen molar-refractivity contribution in [2.24, 2.45) is 35.5 Å². The molecular formula is C37H50O9. The highest BCUT2D eigenvalue weighted by Gasteiger charge is 2.90. The van der Waals surface area contributed by atoms with Crippen LogP contribution < -0.4 is 0 Å². The molecule has 1 aromatic carbocycles. The summed E-state index contributed by atoms with van der Waals surface area (Å²) < 4.78 is 34.2. The van der Waals surface area contributed by atoms with Crippen molar-refractivity contribution in [3.63, 3.8) is 0 Å². The molecule has 8 rings (SSSR count). The minimum Gasteiger partial charge on any atom is -0.455 e. The minimum atomic E-state index is -2.00. The van der Waals surface area contributed by atoms with Crippen molar-refractivity contribution in [2.45, 2.75) is 132 Å². The maximum absolute atomic E-state index is 13.7. The number of carbonyl (C=O) groups excluding carboxylic acids is 1. The Morgan fingerprint density at radius 2 is 1.74 bits per heavy atom. The molecule has 46 heavy (non-hydrogen) atoms. The number of ether oxygens (including phenoxy) is 5. The third-order valence-electron chi connectivity index (χ3n) is 13.6. The molecule has 9 heteroatoms. The number of fused-ring (bicyclic) bond motifs is 1. The van der Waals surface area contributed by atoms with E-state index in [2.05, 4.69) is 20.4 Å². The van der Waals surface area contributed by atoms with E-state index in [4.69, 9.17) is 23.7 Å². The lowest BCUT2D eigenvalue weighted by Crippen LogP contribution is -2.73. The van der Waals surface area contributed by atoms with Crippen molar-refractivity contribution < 1.29 is 43.8 Å². The summed E-state index contributed by atoms with van der Waals surface area (Å²) in [5.41, 5.74) is -4.16. The number of hydrogen-bond acceptors (Lipinski definition) is 9. The first-order valence-corrected chi connectivity index (χ1v) is 17.6. The Balaban J connectivity index is 1.36. The van der Waals surface area contributed by atoms with Gasteiger partial charge in [0.25, 0.3) is 5.97 Å². The van der Waals surface area contributed by atoms with Gasteiger partial charge in [-0.15, -0.1) is 0 Å². The minimum absolute atomic E-state index is 0.122. The summed E-state index contributed by atoms with van der Waals surface area (Å²) in [5.74, 6) is -3.61. The van der Waals surface area contributed by atoms with Gasteiger partial charge in [-0.25, -0.2) is 4.79 Å². The van der Waals surface area contributed by atoms with Crippen molar-refractivity contribution in [3.05, 3.63) is 48.0 Å². The summed E-state index contributed by atoms with van der Waals surface area (Å²) in [6, 6.07) is 8.76. The van der Waals surface area contributed by atoms with Crippen LogP contribution in [0.2, 0.25) is 0 Å². The number of benzene rings is 1. The van der Waals surface area contributed by atoms with Crippen LogP contribution in [-0.2, 0) is 23.7 Å². The molecule has 1 aromatic rings. The zero-order chi connectivity index (χ0) is 32.4. The van der Waals surface area contributed by atoms with Crippen LogP contribution in [0.1, 0.15) is 89.4 Å². The second-order valence-electron chi connectivity index (χ2n) is 15.9. The molecule has 0 aromatic heterocycles. The average Bonchev–Trinajstić information content (AvgIpc) is 3.67. The third kappa shape index (κ3) is 3.79. The van der Waals surface area contributed by atoms with Gasteiger partial charge < -0.3 is 39.0 Å². The van der Waals surface area contributed by atoms with Crippen LogP contribution in [0.5, 0.6) is 0 Å². The molecule has 7 aliphatic rings. The highest BCUT2D eigenvalue weighted by Crippen LogP contribution is 2.75. The fraction of sp³-hybridized carbons (Fsp3) is 0.757. The van der Waals surface area contributed by atoms with Gasteiger partial charge in [-0.3, -0.25) is 0 Å². The molecule has 4 aliphatic heterocycles. The van der Waals surface area contributed by atoms with Gasteiger partial charge in [0.15, 0.2) is 0 Å². The number of rotatable bonds is 4. The molecule has 15 atom stereocenters. The molecule has 7 fully saturated rings. The maximum atomic E-state index is 13.7. The van der Waals surface area contributed by atoms with E-state index >= 15 is 0 Å². The topological polar surface area (TPSA) is 127 Å². The first-order valence-electron chi connectivity index (χ1n) is 17.6. The van der Waals surface area contributed by atoms with Gasteiger partial charge in [0.2, 0.25) is 0 Å². The van der Waals surface area contributed by atoms with Gasteiger partial charge in [-0.1, -0.05) is 77.7 Å². The van der Waals surface area contributed by atoms with Crippen LogP contribution in [0.15, 0.2) is 42.5 Å². The van der Waals surface area contributed by atoms with Crippen molar-refractivity contribution >= 4 is 5.97 Å². The molecule has 4 saturated heterocycles. The fourth-order valence-corrected chi connectivity index (χ4v) is 11.6. The first-order chi connectivity index (χ1) is 21.9. The summed E-state index contributed by atoms with van der Waals surface area (Å²) in [6.45, 7) is 12.3. The third-order valence-corrected chi connectivity index (χ3v) is 13.6. The highest BCUT2D eigenvalue weighted by atomic mass is 16.9. The van der Waals surface area contributed by atoms with Gasteiger partial charge in [0.05, 0.1) is 17.8 Å². The van der Waals surface area contributed by atoms with Gasteiger partial charge in [-0.2, -0.15) is 0 Å². The number of hydrogen-bond donors (Lipinski definition) is 3. The van der Waals surface area contributed by atoms with Crippen LogP contribution in [0.3, 0.4) is 0 Å². The van der Waals surface area contributed by atoms with Crippen molar-refractivity contribution in [3.8, 4) is 0 Å². The zero-order valence-electron chi connectivity index (χ0n) is 27.5. The summed E-state index contributed by atoms with van der Waals surface area (Å²) in [7, 11) is 0. The van der Waals surface area contributed by atoms with E-state index < -0.39 is 77.2 Å². The smallest absolute Gasteiger partial charge is 0.338 e. The molecule has 3 bridgehead atoms. The van der Waals surface area contributed by atoms with Crippen LogP contribution in [-0.4, -0.2) is 80.7 Å². The zero-order valence-corrected chi connectivity index (χ0v) is 27.5. The predicted octanol–water partition coefficient (Wildman–Crippen LogP) is 4.52. The Morgan fingerprint density at radius 3 is 2.46 bits per heavy atom. The lowest BCUT2D eigenvalue weighted by Gasteiger charge is -2.61. The lowest BCUT2D eigenvalue weighted by molar-refractivity contribution is -0.437. The standard InChI is InChI=1S/C37H50O9/c1-20(2)33-18-22(4)37-26-29(33)44-35(45-33,46-37)17-13-8-6-7-10-14-21(3)25-23(5)28(42-31(39)24-15-11-9-12-16-24)36(41,27(25)37)32(40)34(19-38)30(26)43-34/h9,11-12,15-16,21-23,25-30,32,38,40-41H,1,6-8,10,13-14,17-19H2,2-5H3/t21-,22+,23-,25-,26+,27+,28-,29+,30-,32+,33+,34-,35?,36+,37+/m0/s1. The Morgan fingerprint density at radius 1 is 1.02 bits per heavy atom. The Bertz CT molecular complexity index is 1400. The number of carbonyl (C=O) groups is 1. The molecule has 9 nitrogen and oxygen atoms in total. The number of epoxide rings is 1. The second kappa shape index (κ2) is 10.3. The van der Waals surface area contributed by atoms with E-state index in [1.807, 2.05) is 19.9 Å². The van der Waals surface area contributed by atoms with Crippen LogP contribution in [0.4, 0.5) is 0 Å². The van der Waals surface area contributed by atoms with Crippen LogP contribution >= 0.6 is 0 Å². The summed E-state index contributed by atoms with van der Waals surface area (Å²) in [5, 5.41) is 37.0. The largest absolute Gasteiger partial charge is 0.455 e. The van der Waals surface area contributed by atoms with Gasteiger partial charge in [-0.05, 0) is 61.1 Å². The summed E-state index contributed by atoms with van der Waals surface area (Å²) in [4.78, 5) is 13.7. The normalized spacial score (nSPS) is 53.6. The second-order valence-corrected chi connectivity index (χ2v) is 15.9. The Kier molecular flexibility index (Phi) is 7.06. The number of aliphatic hydroxyl groups excluding tert-OH is 2. The first kappa shape index (κ1) is 31.4. The van der Waals surface area contributed by atoms with E-state index in [1.165, 1.54) is 0 Å². The average molecular weight is 639 g/mol. The van der Waals surface area contributed by atoms with Crippen molar-refractivity contribution in [1.29, 1.82) is 0 Å². The van der Waals surface area contributed by atoms with Crippen LogP contribution in [0.25, 0.3) is 0 Å². The van der Waals surface area contributed by atoms with E-state index in [1.54, 1.807) is 24.3 Å². The number of esters is 1. The lowest BCUT2D eigenvalue weighted by atomic mass is 9.52. The summed E-state index contributed by atoms with van der Waals surface area (Å²) >= 11 is 0.